The summed E-state index contributed by atoms with van der Waals surface area (Å²) in [6.07, 6.45) is 3.04. The molecule has 0 saturated carbocycles. The van der Waals surface area contributed by atoms with E-state index in [9.17, 15) is 9.59 Å². The molecule has 0 amide bonds. The highest BCUT2D eigenvalue weighted by Gasteiger charge is 2.12. The summed E-state index contributed by atoms with van der Waals surface area (Å²) in [5.74, 6) is 0.913. The Bertz CT molecular complexity index is 758. The number of carbonyl (C=O) groups excluding carboxylic acids is 1. The second-order valence-corrected chi connectivity index (χ2v) is 4.81. The Kier molecular flexibility index (Phi) is 4.88. The zero-order valence-electron chi connectivity index (χ0n) is 12.8. The number of nitrogens with one attached hydrogen (secondary N) is 1. The number of carbonyl (C=O) groups is 1. The van der Waals surface area contributed by atoms with Gasteiger partial charge >= 0.3 is 0 Å². The first-order valence-electron chi connectivity index (χ1n) is 7.04. The highest BCUT2D eigenvalue weighted by molar-refractivity contribution is 6.07. The number of hydrogen-bond donors (Lipinski definition) is 1. The largest absolute Gasteiger partial charge is 0.494 e. The molecule has 0 radical (unpaired) electrons. The van der Waals surface area contributed by atoms with Crippen molar-refractivity contribution >= 4 is 11.9 Å². The first-order chi connectivity index (χ1) is 10.5. The molecule has 1 N–H and O–H groups in total. The molecule has 0 spiro atoms. The summed E-state index contributed by atoms with van der Waals surface area (Å²) in [6.45, 7) is 5.86. The van der Waals surface area contributed by atoms with Crippen molar-refractivity contribution in [1.29, 1.82) is 0 Å². The zero-order chi connectivity index (χ0) is 16.1. The molecule has 2 aromatic rings. The molecule has 5 nitrogen and oxygen atoms in total. The summed E-state index contributed by atoms with van der Waals surface area (Å²) in [5, 5.41) is 0. The molecule has 5 heteroatoms. The van der Waals surface area contributed by atoms with Gasteiger partial charge in [0.2, 0.25) is 0 Å². The topological polar surface area (TPSA) is 72.0 Å². The summed E-state index contributed by atoms with van der Waals surface area (Å²) < 4.78 is 5.35. The number of aryl methyl sites for hydroxylation is 2. The van der Waals surface area contributed by atoms with Crippen LogP contribution < -0.4 is 10.3 Å². The van der Waals surface area contributed by atoms with Gasteiger partial charge in [-0.25, -0.2) is 4.98 Å². The van der Waals surface area contributed by atoms with E-state index in [4.69, 9.17) is 4.74 Å². The molecule has 0 aliphatic rings. The Labute approximate surface area is 128 Å². The molecule has 2 rings (SSSR count). The molecule has 0 aliphatic heterocycles. The van der Waals surface area contributed by atoms with E-state index in [-0.39, 0.29) is 11.3 Å². The number of ether oxygens (including phenoxy) is 1. The number of rotatable bonds is 5. The van der Waals surface area contributed by atoms with Gasteiger partial charge in [0.1, 0.15) is 17.1 Å². The molecular formula is C17H18N2O3. The van der Waals surface area contributed by atoms with Crippen molar-refractivity contribution in [1.82, 2.24) is 9.97 Å². The Hall–Kier alpha value is -2.69. The molecule has 1 aromatic carbocycles. The smallest absolute Gasteiger partial charge is 0.262 e. The number of ketones is 1. The van der Waals surface area contributed by atoms with Crippen molar-refractivity contribution in [3.63, 3.8) is 0 Å². The lowest BCUT2D eigenvalue weighted by Crippen LogP contribution is -2.21. The van der Waals surface area contributed by atoms with Gasteiger partial charge in [-0.2, -0.15) is 0 Å². The zero-order valence-corrected chi connectivity index (χ0v) is 12.8. The van der Waals surface area contributed by atoms with Gasteiger partial charge in [0.15, 0.2) is 5.78 Å². The number of H-pyrrole nitrogens is 1. The van der Waals surface area contributed by atoms with E-state index in [0.717, 1.165) is 11.3 Å². The van der Waals surface area contributed by atoms with Crippen LogP contribution in [0.15, 0.2) is 35.1 Å². The number of aromatic nitrogens is 2. The first-order valence-corrected chi connectivity index (χ1v) is 7.04. The quantitative estimate of drug-likeness (QED) is 0.680. The van der Waals surface area contributed by atoms with Gasteiger partial charge in [0.05, 0.1) is 12.3 Å². The maximum absolute atomic E-state index is 12.2. The van der Waals surface area contributed by atoms with Crippen molar-refractivity contribution in [3.05, 3.63) is 63.3 Å². The minimum atomic E-state index is -0.411. The molecule has 1 heterocycles. The minimum absolute atomic E-state index is 0.0767. The number of aromatic amines is 1. The third-order valence-electron chi connectivity index (χ3n) is 3.08. The van der Waals surface area contributed by atoms with E-state index in [0.29, 0.717) is 18.1 Å². The fourth-order valence-corrected chi connectivity index (χ4v) is 2.11. The van der Waals surface area contributed by atoms with Crippen LogP contribution in [0.25, 0.3) is 6.08 Å². The van der Waals surface area contributed by atoms with Crippen molar-refractivity contribution in [2.75, 3.05) is 6.61 Å². The predicted octanol–water partition coefficient (Wildman–Crippen LogP) is 2.68. The summed E-state index contributed by atoms with van der Waals surface area (Å²) in [4.78, 5) is 30.7. The van der Waals surface area contributed by atoms with Crippen LogP contribution in [0.5, 0.6) is 5.75 Å². The molecule has 0 aliphatic carbocycles. The van der Waals surface area contributed by atoms with Gasteiger partial charge in [0, 0.05) is 0 Å². The van der Waals surface area contributed by atoms with E-state index < -0.39 is 5.56 Å². The molecule has 22 heavy (non-hydrogen) atoms. The van der Waals surface area contributed by atoms with Crippen molar-refractivity contribution < 1.29 is 9.53 Å². The van der Waals surface area contributed by atoms with Crippen LogP contribution >= 0.6 is 0 Å². The maximum Gasteiger partial charge on any atom is 0.262 e. The Morgan fingerprint density at radius 1 is 1.27 bits per heavy atom. The first kappa shape index (κ1) is 15.7. The monoisotopic (exact) mass is 298 g/mol. The lowest BCUT2D eigenvalue weighted by atomic mass is 10.1. The summed E-state index contributed by atoms with van der Waals surface area (Å²) in [7, 11) is 0. The van der Waals surface area contributed by atoms with Gasteiger partial charge in [-0.05, 0) is 44.5 Å². The Balaban J connectivity index is 2.20. The van der Waals surface area contributed by atoms with E-state index in [1.54, 1.807) is 19.9 Å². The van der Waals surface area contributed by atoms with Gasteiger partial charge in [0.25, 0.3) is 5.56 Å². The lowest BCUT2D eigenvalue weighted by Gasteiger charge is -2.03. The van der Waals surface area contributed by atoms with Crippen molar-refractivity contribution in [2.24, 2.45) is 0 Å². The van der Waals surface area contributed by atoms with Crippen molar-refractivity contribution in [2.45, 2.75) is 20.8 Å². The Morgan fingerprint density at radius 2 is 1.95 bits per heavy atom. The molecular weight excluding hydrogens is 280 g/mol. The van der Waals surface area contributed by atoms with Crippen LogP contribution in [0.4, 0.5) is 0 Å². The molecule has 0 saturated heterocycles. The molecule has 114 valence electrons. The van der Waals surface area contributed by atoms with Crippen LogP contribution in [0.1, 0.15) is 34.4 Å². The fourth-order valence-electron chi connectivity index (χ4n) is 2.11. The predicted molar refractivity (Wildman–Crippen MR) is 85.3 cm³/mol. The van der Waals surface area contributed by atoms with Crippen LogP contribution in [0.3, 0.4) is 0 Å². The van der Waals surface area contributed by atoms with Gasteiger partial charge in [-0.1, -0.05) is 18.2 Å². The van der Waals surface area contributed by atoms with E-state index in [1.165, 1.54) is 6.08 Å². The number of allylic oxidation sites excluding steroid dienone is 1. The minimum Gasteiger partial charge on any atom is -0.494 e. The van der Waals surface area contributed by atoms with Crippen LogP contribution in [-0.2, 0) is 0 Å². The van der Waals surface area contributed by atoms with E-state index in [2.05, 4.69) is 9.97 Å². The van der Waals surface area contributed by atoms with Crippen LogP contribution in [0, 0.1) is 13.8 Å². The standard InChI is InChI=1S/C17H18N2O3/c1-4-22-14-8-5-13(6-9-14)7-10-15(20)16-11(2)18-12(3)19-17(16)21/h5-10H,4H2,1-3H3,(H,18,19,21)/b10-7+. The molecule has 0 bridgehead atoms. The molecule has 0 fully saturated rings. The average molecular weight is 298 g/mol. The second-order valence-electron chi connectivity index (χ2n) is 4.81. The van der Waals surface area contributed by atoms with Crippen molar-refractivity contribution in [3.8, 4) is 5.75 Å². The van der Waals surface area contributed by atoms with Gasteiger partial charge < -0.3 is 9.72 Å². The lowest BCUT2D eigenvalue weighted by molar-refractivity contribution is 0.104. The third-order valence-corrected chi connectivity index (χ3v) is 3.08. The SMILES string of the molecule is CCOc1ccc(/C=C/C(=O)c2c(C)nc(C)[nH]c2=O)cc1. The second kappa shape index (κ2) is 6.85. The average Bonchev–Trinajstić information content (AvgIpc) is 2.46. The number of hydrogen-bond acceptors (Lipinski definition) is 4. The third kappa shape index (κ3) is 3.69. The summed E-state index contributed by atoms with van der Waals surface area (Å²) in [6, 6.07) is 7.36. The molecule has 1 aromatic heterocycles. The highest BCUT2D eigenvalue weighted by atomic mass is 16.5. The number of nitrogens with zero attached hydrogens (tertiary/aromatic N) is 1. The van der Waals surface area contributed by atoms with Gasteiger partial charge in [-0.15, -0.1) is 0 Å². The van der Waals surface area contributed by atoms with Gasteiger partial charge in [-0.3, -0.25) is 9.59 Å². The van der Waals surface area contributed by atoms with E-state index in [1.807, 2.05) is 31.2 Å². The Morgan fingerprint density at radius 3 is 2.55 bits per heavy atom. The fraction of sp³-hybridized carbons (Fsp3) is 0.235. The van der Waals surface area contributed by atoms with Crippen LogP contribution in [0.2, 0.25) is 0 Å². The maximum atomic E-state index is 12.2. The number of benzene rings is 1. The summed E-state index contributed by atoms with van der Waals surface area (Å²) >= 11 is 0. The molecule has 0 unspecified atom stereocenters. The highest BCUT2D eigenvalue weighted by Crippen LogP contribution is 2.13. The van der Waals surface area contributed by atoms with Crippen LogP contribution in [-0.4, -0.2) is 22.4 Å². The van der Waals surface area contributed by atoms with E-state index >= 15 is 0 Å². The molecule has 0 atom stereocenters. The summed E-state index contributed by atoms with van der Waals surface area (Å²) in [5.41, 5.74) is 0.952. The normalized spacial score (nSPS) is 10.9.